The van der Waals surface area contributed by atoms with E-state index in [2.05, 4.69) is 46.6 Å². The van der Waals surface area contributed by atoms with Crippen LogP contribution in [0.25, 0.3) is 12.2 Å². The Kier molecular flexibility index (Phi) is 11.4. The van der Waals surface area contributed by atoms with Gasteiger partial charge in [0.05, 0.1) is 23.7 Å². The third kappa shape index (κ3) is 10.3. The summed E-state index contributed by atoms with van der Waals surface area (Å²) >= 11 is 0. The van der Waals surface area contributed by atoms with Crippen molar-refractivity contribution in [3.8, 4) is 5.75 Å². The van der Waals surface area contributed by atoms with Gasteiger partial charge in [0, 0.05) is 50.3 Å². The Balaban J connectivity index is 1.15. The van der Waals surface area contributed by atoms with Crippen molar-refractivity contribution in [3.05, 3.63) is 99.6 Å². The molecule has 0 spiro atoms. The Hall–Kier alpha value is -4.90. The van der Waals surface area contributed by atoms with Gasteiger partial charge in [0.15, 0.2) is 0 Å². The van der Waals surface area contributed by atoms with Gasteiger partial charge in [0.2, 0.25) is 0 Å². The Morgan fingerprint density at radius 2 is 1.52 bits per heavy atom. The van der Waals surface area contributed by atoms with Crippen molar-refractivity contribution < 1.29 is 33.5 Å². The smallest absolute Gasteiger partial charge is 0.449 e. The Morgan fingerprint density at radius 1 is 0.870 bits per heavy atom. The average Bonchev–Trinajstić information content (AvgIpc) is 2.99. The summed E-state index contributed by atoms with van der Waals surface area (Å²) in [5, 5.41) is 13.6. The fourth-order valence-corrected chi connectivity index (χ4v) is 4.84. The number of amides is 1. The van der Waals surface area contributed by atoms with E-state index in [0.29, 0.717) is 25.9 Å². The molecular weight excluding hydrogens is 590 g/mol. The van der Waals surface area contributed by atoms with Gasteiger partial charge < -0.3 is 29.2 Å². The lowest BCUT2D eigenvalue weighted by atomic mass is 10.0. The highest BCUT2D eigenvalue weighted by Gasteiger charge is 2.27. The van der Waals surface area contributed by atoms with Gasteiger partial charge in [-0.2, -0.15) is 0 Å². The van der Waals surface area contributed by atoms with E-state index in [1.54, 1.807) is 13.8 Å². The van der Waals surface area contributed by atoms with Crippen LogP contribution in [0.15, 0.2) is 72.8 Å². The maximum atomic E-state index is 12.5. The van der Waals surface area contributed by atoms with Crippen molar-refractivity contribution in [3.63, 3.8) is 0 Å². The maximum Gasteiger partial charge on any atom is 0.514 e. The van der Waals surface area contributed by atoms with Crippen LogP contribution >= 0.6 is 0 Å². The minimum absolute atomic E-state index is 0.110. The summed E-state index contributed by atoms with van der Waals surface area (Å²) in [7, 11) is 0. The van der Waals surface area contributed by atoms with Crippen molar-refractivity contribution in [2.45, 2.75) is 58.3 Å². The number of hydrogen-bond donors (Lipinski definition) is 1. The second-order valence-electron chi connectivity index (χ2n) is 12.1. The molecule has 0 bridgehead atoms. The standard InChI is InChI=1S/C35H41N3O8/c1-34(2,44-24-20-35(3,4)46-33(40)45-30-17-15-29(16-18-30)38(41)42)19-23-43-32(39)36-21-22-37-25-28-11-6-5-9-26(28)13-14-27-10-7-8-12-31(27)37/h5-18H,19-25H2,1-4H3,(H,36,39)/b14-13-. The van der Waals surface area contributed by atoms with Crippen molar-refractivity contribution in [1.82, 2.24) is 5.32 Å². The number of nitrogens with zero attached hydrogens (tertiary/aromatic N) is 2. The fraction of sp³-hybridized carbons (Fsp3) is 0.371. The van der Waals surface area contributed by atoms with Crippen LogP contribution in [0.3, 0.4) is 0 Å². The number of nitro groups is 1. The van der Waals surface area contributed by atoms with Gasteiger partial charge in [0.1, 0.15) is 11.4 Å². The number of non-ortho nitro benzene ring substituents is 1. The molecule has 1 heterocycles. The molecule has 0 aliphatic carbocycles. The number of rotatable bonds is 13. The van der Waals surface area contributed by atoms with Crippen LogP contribution in [-0.4, -0.2) is 54.7 Å². The van der Waals surface area contributed by atoms with Gasteiger partial charge >= 0.3 is 12.2 Å². The first-order valence-electron chi connectivity index (χ1n) is 15.2. The highest BCUT2D eigenvalue weighted by molar-refractivity contribution is 5.79. The lowest BCUT2D eigenvalue weighted by Crippen LogP contribution is -2.36. The molecule has 1 aliphatic heterocycles. The second-order valence-corrected chi connectivity index (χ2v) is 12.1. The summed E-state index contributed by atoms with van der Waals surface area (Å²) in [6.45, 7) is 9.47. The number of carbonyl (C=O) groups excluding carboxylic acids is 2. The molecule has 3 aromatic rings. The van der Waals surface area contributed by atoms with Crippen molar-refractivity contribution in [2.24, 2.45) is 0 Å². The number of anilines is 1. The van der Waals surface area contributed by atoms with Gasteiger partial charge in [-0.3, -0.25) is 10.1 Å². The molecule has 0 aromatic heterocycles. The predicted octanol–water partition coefficient (Wildman–Crippen LogP) is 7.38. The van der Waals surface area contributed by atoms with Crippen LogP contribution in [0.4, 0.5) is 21.0 Å². The molecule has 244 valence electrons. The third-order valence-corrected chi connectivity index (χ3v) is 7.53. The van der Waals surface area contributed by atoms with Gasteiger partial charge in [-0.05, 0) is 62.6 Å². The molecule has 0 unspecified atom stereocenters. The molecule has 1 N–H and O–H groups in total. The average molecular weight is 632 g/mol. The van der Waals surface area contributed by atoms with Crippen LogP contribution < -0.4 is 15.0 Å². The summed E-state index contributed by atoms with van der Waals surface area (Å²) < 4.78 is 22.0. The molecule has 0 fully saturated rings. The van der Waals surface area contributed by atoms with E-state index in [0.717, 1.165) is 17.8 Å². The van der Waals surface area contributed by atoms with E-state index in [4.69, 9.17) is 18.9 Å². The maximum absolute atomic E-state index is 12.5. The van der Waals surface area contributed by atoms with Crippen LogP contribution in [0.2, 0.25) is 0 Å². The number of benzene rings is 3. The zero-order valence-corrected chi connectivity index (χ0v) is 26.7. The molecule has 0 saturated heterocycles. The van der Waals surface area contributed by atoms with E-state index >= 15 is 0 Å². The van der Waals surface area contributed by atoms with E-state index in [1.807, 2.05) is 38.1 Å². The second kappa shape index (κ2) is 15.4. The number of fused-ring (bicyclic) bond motifs is 2. The van der Waals surface area contributed by atoms with E-state index < -0.39 is 28.4 Å². The van der Waals surface area contributed by atoms with Crippen molar-refractivity contribution in [2.75, 3.05) is 31.2 Å². The van der Waals surface area contributed by atoms with Crippen LogP contribution in [-0.2, 0) is 20.8 Å². The Labute approximate surface area is 269 Å². The first-order chi connectivity index (χ1) is 21.9. The van der Waals surface area contributed by atoms with Gasteiger partial charge in [-0.25, -0.2) is 9.59 Å². The topological polar surface area (TPSA) is 129 Å². The van der Waals surface area contributed by atoms with Gasteiger partial charge in [-0.15, -0.1) is 0 Å². The molecule has 1 amide bonds. The lowest BCUT2D eigenvalue weighted by molar-refractivity contribution is -0.384. The fourth-order valence-electron chi connectivity index (χ4n) is 4.84. The van der Waals surface area contributed by atoms with Crippen molar-refractivity contribution >= 4 is 35.8 Å². The zero-order valence-electron chi connectivity index (χ0n) is 26.7. The number of hydrogen-bond acceptors (Lipinski definition) is 9. The summed E-state index contributed by atoms with van der Waals surface area (Å²) in [6.07, 6.45) is 3.70. The summed E-state index contributed by atoms with van der Waals surface area (Å²) in [4.78, 5) is 37.2. The Bertz CT molecular complexity index is 1530. The molecule has 3 aromatic carbocycles. The molecule has 11 heteroatoms. The summed E-state index contributed by atoms with van der Waals surface area (Å²) in [5.41, 5.74) is 3.03. The number of alkyl carbamates (subject to hydrolysis) is 1. The van der Waals surface area contributed by atoms with Gasteiger partial charge in [-0.1, -0.05) is 54.6 Å². The zero-order chi connectivity index (χ0) is 33.2. The van der Waals surface area contributed by atoms with E-state index in [-0.39, 0.29) is 24.7 Å². The quantitative estimate of drug-likeness (QED) is 0.0889. The number of nitro benzene ring substituents is 1. The monoisotopic (exact) mass is 631 g/mol. The molecule has 0 radical (unpaired) electrons. The molecule has 11 nitrogen and oxygen atoms in total. The third-order valence-electron chi connectivity index (χ3n) is 7.53. The number of nitrogens with one attached hydrogen (secondary N) is 1. The molecule has 1 aliphatic rings. The molecule has 4 rings (SSSR count). The van der Waals surface area contributed by atoms with Gasteiger partial charge in [0.25, 0.3) is 5.69 Å². The van der Waals surface area contributed by atoms with E-state index in [9.17, 15) is 19.7 Å². The van der Waals surface area contributed by atoms with Crippen LogP contribution in [0, 0.1) is 10.1 Å². The predicted molar refractivity (Wildman–Crippen MR) is 176 cm³/mol. The minimum atomic E-state index is -0.922. The molecule has 0 atom stereocenters. The normalized spacial score (nSPS) is 13.3. The molecule has 0 saturated carbocycles. The minimum Gasteiger partial charge on any atom is -0.449 e. The number of para-hydroxylation sites is 1. The summed E-state index contributed by atoms with van der Waals surface area (Å²) in [6, 6.07) is 21.7. The molecular formula is C35H41N3O8. The highest BCUT2D eigenvalue weighted by Crippen LogP contribution is 2.28. The number of ether oxygens (including phenoxy) is 4. The first kappa shape index (κ1) is 34.0. The molecule has 46 heavy (non-hydrogen) atoms. The first-order valence-corrected chi connectivity index (χ1v) is 15.2. The largest absolute Gasteiger partial charge is 0.514 e. The highest BCUT2D eigenvalue weighted by atomic mass is 16.7. The SMILES string of the molecule is CC(C)(CCOC(=O)NCCN1Cc2ccccc2/C=C\c2ccccc21)OCCC(C)(C)OC(=O)Oc1ccc([N+](=O)[O-])cc1. The van der Waals surface area contributed by atoms with Crippen LogP contribution in [0.5, 0.6) is 5.75 Å². The van der Waals surface area contributed by atoms with Crippen molar-refractivity contribution in [1.29, 1.82) is 0 Å². The number of carbonyl (C=O) groups is 2. The lowest BCUT2D eigenvalue weighted by Gasteiger charge is -2.29. The Morgan fingerprint density at radius 3 is 2.26 bits per heavy atom. The van der Waals surface area contributed by atoms with E-state index in [1.165, 1.54) is 35.4 Å². The van der Waals surface area contributed by atoms with Crippen LogP contribution in [0.1, 0.15) is 57.2 Å². The summed E-state index contributed by atoms with van der Waals surface area (Å²) in [5.74, 6) is 0.138.